The zero-order chi connectivity index (χ0) is 20.2. The van der Waals surface area contributed by atoms with Crippen LogP contribution in [0.4, 0.5) is 0 Å². The number of thiophene rings is 1. The van der Waals surface area contributed by atoms with Crippen LogP contribution in [0.25, 0.3) is 54.1 Å². The number of aryl methyl sites for hydroxylation is 2. The molecule has 6 aromatic rings. The number of aromatic amines is 2. The summed E-state index contributed by atoms with van der Waals surface area (Å²) in [6, 6.07) is 15.7. The van der Waals surface area contributed by atoms with E-state index in [1.165, 1.54) is 42.8 Å². The third-order valence-corrected chi connectivity index (χ3v) is 6.77. The van der Waals surface area contributed by atoms with E-state index in [4.69, 9.17) is 0 Å². The molecule has 5 heteroatoms. The zero-order valence-corrected chi connectivity index (χ0v) is 17.6. The fourth-order valence-electron chi connectivity index (χ4n) is 4.29. The summed E-state index contributed by atoms with van der Waals surface area (Å²) >= 11 is 1.80. The molecule has 3 aromatic carbocycles. The molecule has 0 fully saturated rings. The first-order chi connectivity index (χ1) is 14.7. The summed E-state index contributed by atoms with van der Waals surface area (Å²) in [4.78, 5) is 15.6. The van der Waals surface area contributed by atoms with Crippen LogP contribution in [0.15, 0.2) is 60.2 Å². The molecule has 0 saturated heterocycles. The number of aromatic nitrogens is 4. The van der Waals surface area contributed by atoms with Crippen molar-refractivity contribution in [3.05, 3.63) is 71.9 Å². The summed E-state index contributed by atoms with van der Waals surface area (Å²) in [7, 11) is 0. The summed E-state index contributed by atoms with van der Waals surface area (Å²) in [6.45, 7) is 4.10. The molecule has 0 amide bonds. The van der Waals surface area contributed by atoms with Crippen LogP contribution in [0.1, 0.15) is 18.6 Å². The maximum Gasteiger partial charge on any atom is 0.106 e. The van der Waals surface area contributed by atoms with Crippen molar-refractivity contribution in [1.29, 1.82) is 0 Å². The van der Waals surface area contributed by atoms with Crippen molar-refractivity contribution in [2.45, 2.75) is 20.3 Å². The van der Waals surface area contributed by atoms with Crippen molar-refractivity contribution in [2.24, 2.45) is 0 Å². The highest BCUT2D eigenvalue weighted by Gasteiger charge is 2.13. The molecule has 0 aliphatic carbocycles. The maximum atomic E-state index is 4.47. The first kappa shape index (κ1) is 17.4. The molecule has 2 N–H and O–H groups in total. The van der Waals surface area contributed by atoms with Gasteiger partial charge in [-0.05, 0) is 46.7 Å². The average molecular weight is 409 g/mol. The number of H-pyrrole nitrogens is 2. The van der Waals surface area contributed by atoms with Gasteiger partial charge in [0.25, 0.3) is 0 Å². The number of imidazole rings is 2. The summed E-state index contributed by atoms with van der Waals surface area (Å²) < 4.78 is 1.33. The van der Waals surface area contributed by atoms with Crippen LogP contribution in [-0.4, -0.2) is 19.9 Å². The van der Waals surface area contributed by atoms with Gasteiger partial charge in [0.1, 0.15) is 11.6 Å². The minimum absolute atomic E-state index is 0.908. The van der Waals surface area contributed by atoms with Gasteiger partial charge in [-0.15, -0.1) is 11.3 Å². The number of nitrogens with one attached hydrogen (secondary N) is 2. The van der Waals surface area contributed by atoms with Gasteiger partial charge in [-0.2, -0.15) is 0 Å². The molecule has 0 unspecified atom stereocenters. The van der Waals surface area contributed by atoms with Crippen molar-refractivity contribution in [3.8, 4) is 22.5 Å². The van der Waals surface area contributed by atoms with E-state index in [1.54, 1.807) is 11.3 Å². The van der Waals surface area contributed by atoms with Gasteiger partial charge >= 0.3 is 0 Å². The molecule has 0 radical (unpaired) electrons. The van der Waals surface area contributed by atoms with Gasteiger partial charge in [-0.1, -0.05) is 31.2 Å². The van der Waals surface area contributed by atoms with Crippen molar-refractivity contribution in [3.63, 3.8) is 0 Å². The molecule has 0 spiro atoms. The third kappa shape index (κ3) is 2.59. The summed E-state index contributed by atoms with van der Waals surface area (Å²) in [5.74, 6) is 1.95. The van der Waals surface area contributed by atoms with Crippen molar-refractivity contribution >= 4 is 43.0 Å². The predicted octanol–water partition coefficient (Wildman–Crippen LogP) is 6.86. The van der Waals surface area contributed by atoms with E-state index in [0.717, 1.165) is 29.5 Å². The first-order valence-electron chi connectivity index (χ1n) is 10.1. The zero-order valence-electron chi connectivity index (χ0n) is 16.8. The van der Waals surface area contributed by atoms with Gasteiger partial charge in [0.05, 0.1) is 23.8 Å². The summed E-state index contributed by atoms with van der Waals surface area (Å²) in [6.07, 6.45) is 4.75. The number of benzene rings is 3. The second-order valence-corrected chi connectivity index (χ2v) is 8.58. The lowest BCUT2D eigenvalue weighted by Gasteiger charge is -2.10. The third-order valence-electron chi connectivity index (χ3n) is 5.82. The molecular weight excluding hydrogens is 388 g/mol. The van der Waals surface area contributed by atoms with Gasteiger partial charge in [0, 0.05) is 33.0 Å². The molecule has 0 saturated carbocycles. The van der Waals surface area contributed by atoms with Crippen molar-refractivity contribution < 1.29 is 0 Å². The highest BCUT2D eigenvalue weighted by molar-refractivity contribution is 7.18. The van der Waals surface area contributed by atoms with Crippen LogP contribution < -0.4 is 0 Å². The largest absolute Gasteiger partial charge is 0.342 e. The minimum Gasteiger partial charge on any atom is -0.342 e. The van der Waals surface area contributed by atoms with E-state index >= 15 is 0 Å². The van der Waals surface area contributed by atoms with Crippen molar-refractivity contribution in [1.82, 2.24) is 19.9 Å². The summed E-state index contributed by atoms with van der Waals surface area (Å²) in [5, 5.41) is 8.63. The minimum atomic E-state index is 0.908. The van der Waals surface area contributed by atoms with Crippen LogP contribution in [0.3, 0.4) is 0 Å². The molecular formula is C25H20N4S. The highest BCUT2D eigenvalue weighted by Crippen LogP contribution is 2.40. The fraction of sp³-hybridized carbons (Fsp3) is 0.120. The Morgan fingerprint density at radius 1 is 0.767 bits per heavy atom. The molecule has 3 heterocycles. The Hall–Kier alpha value is -3.44. The molecule has 0 bridgehead atoms. The van der Waals surface area contributed by atoms with E-state index in [1.807, 2.05) is 19.3 Å². The molecule has 146 valence electrons. The topological polar surface area (TPSA) is 57.4 Å². The number of fused-ring (bicyclic) bond motifs is 6. The maximum absolute atomic E-state index is 4.47. The quantitative estimate of drug-likeness (QED) is 0.314. The van der Waals surface area contributed by atoms with Gasteiger partial charge in [0.15, 0.2) is 0 Å². The summed E-state index contributed by atoms with van der Waals surface area (Å²) in [5.41, 5.74) is 4.46. The van der Waals surface area contributed by atoms with E-state index in [9.17, 15) is 0 Å². The van der Waals surface area contributed by atoms with E-state index in [0.29, 0.717) is 0 Å². The van der Waals surface area contributed by atoms with Gasteiger partial charge in [0.2, 0.25) is 0 Å². The second-order valence-electron chi connectivity index (χ2n) is 7.66. The molecule has 0 atom stereocenters. The number of nitrogens with zero attached hydrogens (tertiary/aromatic N) is 2. The molecule has 0 aliphatic heterocycles. The Labute approximate surface area is 177 Å². The molecule has 4 nitrogen and oxygen atoms in total. The normalized spacial score (nSPS) is 11.8. The Morgan fingerprint density at radius 2 is 1.47 bits per heavy atom. The first-order valence-corrected chi connectivity index (χ1v) is 11.0. The van der Waals surface area contributed by atoms with E-state index in [-0.39, 0.29) is 0 Å². The lowest BCUT2D eigenvalue weighted by atomic mass is 9.95. The smallest absolute Gasteiger partial charge is 0.106 e. The predicted molar refractivity (Wildman–Crippen MR) is 126 cm³/mol. The van der Waals surface area contributed by atoms with Gasteiger partial charge < -0.3 is 9.97 Å². The standard InChI is InChI=1S/C25H20N4S/c1-3-24-27-13-23(29-24)15-4-6-17-18-7-5-16(22-12-26-14(2)28-22)11-21(18)25-19(8-9-30-25)20(17)10-15/h4-13H,3H2,1-2H3,(H,26,28)(H,27,29). The molecule has 0 aliphatic rings. The lowest BCUT2D eigenvalue weighted by Crippen LogP contribution is -1.85. The van der Waals surface area contributed by atoms with Crippen LogP contribution in [0, 0.1) is 6.92 Å². The molecule has 3 aromatic heterocycles. The number of hydrogen-bond donors (Lipinski definition) is 2. The lowest BCUT2D eigenvalue weighted by molar-refractivity contribution is 0.991. The van der Waals surface area contributed by atoms with Crippen LogP contribution in [0.2, 0.25) is 0 Å². The van der Waals surface area contributed by atoms with Crippen molar-refractivity contribution in [2.75, 3.05) is 0 Å². The Bertz CT molecular complexity index is 1550. The second kappa shape index (κ2) is 6.54. The van der Waals surface area contributed by atoms with E-state index in [2.05, 4.69) is 74.7 Å². The van der Waals surface area contributed by atoms with Crippen LogP contribution >= 0.6 is 11.3 Å². The van der Waals surface area contributed by atoms with Gasteiger partial charge in [-0.25, -0.2) is 9.97 Å². The average Bonchev–Trinajstić information content (AvgIpc) is 3.53. The van der Waals surface area contributed by atoms with E-state index < -0.39 is 0 Å². The highest BCUT2D eigenvalue weighted by atomic mass is 32.1. The Kier molecular flexibility index (Phi) is 3.80. The molecule has 30 heavy (non-hydrogen) atoms. The fourth-order valence-corrected chi connectivity index (χ4v) is 5.23. The SMILES string of the molecule is CCc1ncc(-c2ccc3c(c2)c2ccsc2c2cc(-c4cnc(C)[nH]4)ccc32)[nH]1. The van der Waals surface area contributed by atoms with Crippen LogP contribution in [-0.2, 0) is 6.42 Å². The Balaban J connectivity index is 1.62. The number of hydrogen-bond acceptors (Lipinski definition) is 3. The van der Waals surface area contributed by atoms with Crippen LogP contribution in [0.5, 0.6) is 0 Å². The number of rotatable bonds is 3. The molecule has 6 rings (SSSR count). The van der Waals surface area contributed by atoms with Gasteiger partial charge in [-0.3, -0.25) is 0 Å². The monoisotopic (exact) mass is 408 g/mol. The Morgan fingerprint density at radius 3 is 2.17 bits per heavy atom.